The van der Waals surface area contributed by atoms with Crippen LogP contribution in [0.25, 0.3) is 0 Å². The number of likely N-dealkylation sites (N-methyl/N-ethyl adjacent to an activating group) is 2. The van der Waals surface area contributed by atoms with E-state index in [1.165, 1.54) is 19.4 Å². The molecule has 1 aliphatic rings. The number of likely N-dealkylation sites (tertiary alicyclic amines) is 1. The SMILES string of the molecule is CCC(CC#N)N(C)C1CCCN(C)C1. The summed E-state index contributed by atoms with van der Waals surface area (Å²) in [5.74, 6) is 0. The zero-order valence-corrected chi connectivity index (χ0v) is 10.2. The minimum atomic E-state index is 0.437. The van der Waals surface area contributed by atoms with Crippen LogP contribution in [0.2, 0.25) is 0 Å². The van der Waals surface area contributed by atoms with E-state index in [-0.39, 0.29) is 0 Å². The van der Waals surface area contributed by atoms with Crippen LogP contribution in [0.15, 0.2) is 0 Å². The molecule has 1 heterocycles. The summed E-state index contributed by atoms with van der Waals surface area (Å²) < 4.78 is 0. The largest absolute Gasteiger partial charge is 0.305 e. The standard InChI is InChI=1S/C12H23N3/c1-4-11(7-8-13)15(3)12-6-5-9-14(2)10-12/h11-12H,4-7,9-10H2,1-3H3. The van der Waals surface area contributed by atoms with Crippen LogP contribution in [0.1, 0.15) is 32.6 Å². The Morgan fingerprint density at radius 2 is 2.33 bits per heavy atom. The summed E-state index contributed by atoms with van der Waals surface area (Å²) >= 11 is 0. The normalized spacial score (nSPS) is 25.1. The number of nitriles is 1. The molecule has 3 heteroatoms. The quantitative estimate of drug-likeness (QED) is 0.706. The molecule has 1 rings (SSSR count). The highest BCUT2D eigenvalue weighted by atomic mass is 15.2. The van der Waals surface area contributed by atoms with Crippen LogP contribution in [0.4, 0.5) is 0 Å². The number of hydrogen-bond donors (Lipinski definition) is 0. The van der Waals surface area contributed by atoms with Crippen LogP contribution in [0.5, 0.6) is 0 Å². The maximum atomic E-state index is 8.78. The maximum Gasteiger partial charge on any atom is 0.0638 e. The second-order valence-electron chi connectivity index (χ2n) is 4.65. The fraction of sp³-hybridized carbons (Fsp3) is 0.917. The third-order valence-corrected chi connectivity index (χ3v) is 3.55. The molecule has 0 amide bonds. The average molecular weight is 209 g/mol. The van der Waals surface area contributed by atoms with Gasteiger partial charge in [-0.3, -0.25) is 4.90 Å². The lowest BCUT2D eigenvalue weighted by atomic mass is 10.0. The molecule has 0 aromatic carbocycles. The van der Waals surface area contributed by atoms with Gasteiger partial charge in [0.2, 0.25) is 0 Å². The van der Waals surface area contributed by atoms with E-state index in [2.05, 4.69) is 36.9 Å². The molecule has 0 aromatic heterocycles. The highest BCUT2D eigenvalue weighted by molar-refractivity contribution is 4.86. The van der Waals surface area contributed by atoms with Crippen molar-refractivity contribution in [2.75, 3.05) is 27.2 Å². The van der Waals surface area contributed by atoms with Crippen molar-refractivity contribution in [2.24, 2.45) is 0 Å². The Bertz CT molecular complexity index is 221. The molecule has 86 valence electrons. The molecule has 1 saturated heterocycles. The minimum Gasteiger partial charge on any atom is -0.305 e. The van der Waals surface area contributed by atoms with Crippen molar-refractivity contribution in [3.63, 3.8) is 0 Å². The van der Waals surface area contributed by atoms with Crippen molar-refractivity contribution in [1.29, 1.82) is 5.26 Å². The summed E-state index contributed by atoms with van der Waals surface area (Å²) in [6.45, 7) is 4.54. The zero-order valence-electron chi connectivity index (χ0n) is 10.2. The Morgan fingerprint density at radius 3 is 2.87 bits per heavy atom. The molecule has 0 saturated carbocycles. The lowest BCUT2D eigenvalue weighted by Crippen LogP contribution is -2.48. The van der Waals surface area contributed by atoms with Gasteiger partial charge < -0.3 is 4.90 Å². The van der Waals surface area contributed by atoms with Crippen molar-refractivity contribution in [2.45, 2.75) is 44.7 Å². The highest BCUT2D eigenvalue weighted by Gasteiger charge is 2.25. The number of nitrogens with zero attached hydrogens (tertiary/aromatic N) is 3. The lowest BCUT2D eigenvalue weighted by Gasteiger charge is -2.39. The molecular weight excluding hydrogens is 186 g/mol. The van der Waals surface area contributed by atoms with Crippen LogP contribution < -0.4 is 0 Å². The molecule has 0 radical (unpaired) electrons. The van der Waals surface area contributed by atoms with Crippen molar-refractivity contribution in [3.05, 3.63) is 0 Å². The van der Waals surface area contributed by atoms with E-state index in [9.17, 15) is 0 Å². The second-order valence-corrected chi connectivity index (χ2v) is 4.65. The summed E-state index contributed by atoms with van der Waals surface area (Å²) in [6, 6.07) is 3.37. The van der Waals surface area contributed by atoms with Gasteiger partial charge >= 0.3 is 0 Å². The first-order chi connectivity index (χ1) is 7.19. The molecule has 0 N–H and O–H groups in total. The fourth-order valence-electron chi connectivity index (χ4n) is 2.45. The van der Waals surface area contributed by atoms with Crippen molar-refractivity contribution in [3.8, 4) is 6.07 Å². The molecule has 0 aromatic rings. The molecule has 1 fully saturated rings. The second kappa shape index (κ2) is 6.09. The molecule has 1 aliphatic heterocycles. The van der Waals surface area contributed by atoms with Crippen molar-refractivity contribution in [1.82, 2.24) is 9.80 Å². The Morgan fingerprint density at radius 1 is 1.60 bits per heavy atom. The van der Waals surface area contributed by atoms with Gasteiger partial charge in [-0.2, -0.15) is 5.26 Å². The van der Waals surface area contributed by atoms with Crippen molar-refractivity contribution < 1.29 is 0 Å². The highest BCUT2D eigenvalue weighted by Crippen LogP contribution is 2.18. The summed E-state index contributed by atoms with van der Waals surface area (Å²) in [5.41, 5.74) is 0. The van der Waals surface area contributed by atoms with E-state index < -0.39 is 0 Å². The van der Waals surface area contributed by atoms with Crippen molar-refractivity contribution >= 4 is 0 Å². The molecule has 0 spiro atoms. The van der Waals surface area contributed by atoms with E-state index in [0.717, 1.165) is 13.0 Å². The molecule has 2 atom stereocenters. The Labute approximate surface area is 93.7 Å². The third kappa shape index (κ3) is 3.48. The van der Waals surface area contributed by atoms with Crippen LogP contribution in [0.3, 0.4) is 0 Å². The maximum absolute atomic E-state index is 8.78. The van der Waals surface area contributed by atoms with E-state index in [0.29, 0.717) is 18.5 Å². The molecule has 15 heavy (non-hydrogen) atoms. The molecule has 0 bridgehead atoms. The molecular formula is C12H23N3. The monoisotopic (exact) mass is 209 g/mol. The van der Waals surface area contributed by atoms with Gasteiger partial charge in [0.05, 0.1) is 12.5 Å². The first kappa shape index (κ1) is 12.5. The third-order valence-electron chi connectivity index (χ3n) is 3.55. The first-order valence-electron chi connectivity index (χ1n) is 5.96. The predicted molar refractivity (Wildman–Crippen MR) is 62.6 cm³/mol. The summed E-state index contributed by atoms with van der Waals surface area (Å²) in [4.78, 5) is 4.81. The van der Waals surface area contributed by atoms with Gasteiger partial charge in [-0.1, -0.05) is 6.92 Å². The van der Waals surface area contributed by atoms with Gasteiger partial charge in [-0.15, -0.1) is 0 Å². The van der Waals surface area contributed by atoms with E-state index in [4.69, 9.17) is 5.26 Å². The predicted octanol–water partition coefficient (Wildman–Crippen LogP) is 1.70. The number of piperidine rings is 1. The van der Waals surface area contributed by atoms with Gasteiger partial charge in [0, 0.05) is 18.6 Å². The molecule has 2 unspecified atom stereocenters. The smallest absolute Gasteiger partial charge is 0.0638 e. The first-order valence-corrected chi connectivity index (χ1v) is 5.96. The molecule has 3 nitrogen and oxygen atoms in total. The minimum absolute atomic E-state index is 0.437. The van der Waals surface area contributed by atoms with Crippen LogP contribution in [-0.4, -0.2) is 49.1 Å². The summed E-state index contributed by atoms with van der Waals surface area (Å²) in [7, 11) is 4.36. The van der Waals surface area contributed by atoms with Gasteiger partial charge in [-0.25, -0.2) is 0 Å². The van der Waals surface area contributed by atoms with Gasteiger partial charge in [0.1, 0.15) is 0 Å². The van der Waals surface area contributed by atoms with Gasteiger partial charge in [-0.05, 0) is 39.9 Å². The van der Waals surface area contributed by atoms with Gasteiger partial charge in [0.25, 0.3) is 0 Å². The van der Waals surface area contributed by atoms with E-state index in [1.54, 1.807) is 0 Å². The molecule has 0 aliphatic carbocycles. The average Bonchev–Trinajstić information content (AvgIpc) is 2.25. The lowest BCUT2D eigenvalue weighted by molar-refractivity contribution is 0.0979. The number of rotatable bonds is 4. The van der Waals surface area contributed by atoms with Crippen LogP contribution >= 0.6 is 0 Å². The Balaban J connectivity index is 2.49. The zero-order chi connectivity index (χ0) is 11.3. The summed E-state index contributed by atoms with van der Waals surface area (Å²) in [5, 5.41) is 8.78. The number of hydrogen-bond acceptors (Lipinski definition) is 3. The van der Waals surface area contributed by atoms with E-state index in [1.807, 2.05) is 0 Å². The summed E-state index contributed by atoms with van der Waals surface area (Å²) in [6.07, 6.45) is 4.30. The van der Waals surface area contributed by atoms with Crippen LogP contribution in [-0.2, 0) is 0 Å². The fourth-order valence-corrected chi connectivity index (χ4v) is 2.45. The Hall–Kier alpha value is -0.590. The van der Waals surface area contributed by atoms with Crippen LogP contribution in [0, 0.1) is 11.3 Å². The van der Waals surface area contributed by atoms with Gasteiger partial charge in [0.15, 0.2) is 0 Å². The van der Waals surface area contributed by atoms with E-state index >= 15 is 0 Å². The topological polar surface area (TPSA) is 30.3 Å². The Kier molecular flexibility index (Phi) is 5.07.